The maximum Gasteiger partial charge on any atom is 0.260 e. The summed E-state index contributed by atoms with van der Waals surface area (Å²) in [5.74, 6) is -0.711. The maximum absolute atomic E-state index is 13.7. The number of rotatable bonds is 6. The van der Waals surface area contributed by atoms with Crippen molar-refractivity contribution in [3.8, 4) is 16.9 Å². The van der Waals surface area contributed by atoms with Crippen LogP contribution in [-0.4, -0.2) is 21.5 Å². The Morgan fingerprint density at radius 1 is 0.647 bits per heavy atom. The van der Waals surface area contributed by atoms with E-state index in [9.17, 15) is 9.59 Å². The molecule has 0 fully saturated rings. The zero-order valence-corrected chi connectivity index (χ0v) is 18.3. The Hall–Kier alpha value is -4.77. The second-order valence-corrected chi connectivity index (χ2v) is 7.70. The molecule has 34 heavy (non-hydrogen) atoms. The first-order valence-electron chi connectivity index (χ1n) is 10.9. The molecule has 1 aromatic heterocycles. The number of hydrogen-bond acceptors (Lipinski definition) is 3. The van der Waals surface area contributed by atoms with Gasteiger partial charge in [0.05, 0.1) is 16.9 Å². The van der Waals surface area contributed by atoms with E-state index in [4.69, 9.17) is 5.10 Å². The first kappa shape index (κ1) is 21.1. The molecular weight excluding hydrogens is 422 g/mol. The van der Waals surface area contributed by atoms with Crippen LogP contribution in [0, 0.1) is 0 Å². The Kier molecular flexibility index (Phi) is 5.82. The molecule has 0 radical (unpaired) electrons. The molecule has 1 heterocycles. The van der Waals surface area contributed by atoms with Crippen LogP contribution in [0.25, 0.3) is 16.9 Å². The molecule has 5 rings (SSSR count). The van der Waals surface area contributed by atoms with Crippen molar-refractivity contribution in [3.05, 3.63) is 138 Å². The SMILES string of the molecule is O=C(c1ccccc1)c1nn(-c2ccccc2)c(-c2ccccc2)c1C(=O)Nc1ccccc1. The van der Waals surface area contributed by atoms with E-state index < -0.39 is 5.91 Å². The highest BCUT2D eigenvalue weighted by molar-refractivity contribution is 6.19. The van der Waals surface area contributed by atoms with Gasteiger partial charge in [0, 0.05) is 16.8 Å². The highest BCUT2D eigenvalue weighted by atomic mass is 16.2. The second kappa shape index (κ2) is 9.38. The van der Waals surface area contributed by atoms with E-state index in [1.54, 1.807) is 41.1 Å². The minimum atomic E-state index is -0.397. The topological polar surface area (TPSA) is 64.0 Å². The van der Waals surface area contributed by atoms with E-state index in [1.165, 1.54) is 0 Å². The number of ketones is 1. The van der Waals surface area contributed by atoms with Crippen LogP contribution in [0.15, 0.2) is 121 Å². The highest BCUT2D eigenvalue weighted by Crippen LogP contribution is 2.31. The number of carbonyl (C=O) groups excluding carboxylic acids is 2. The fourth-order valence-electron chi connectivity index (χ4n) is 3.85. The van der Waals surface area contributed by atoms with Crippen molar-refractivity contribution in [1.29, 1.82) is 0 Å². The molecule has 0 saturated carbocycles. The van der Waals surface area contributed by atoms with E-state index in [1.807, 2.05) is 84.9 Å². The van der Waals surface area contributed by atoms with E-state index in [0.29, 0.717) is 16.9 Å². The van der Waals surface area contributed by atoms with Gasteiger partial charge < -0.3 is 5.32 Å². The normalized spacial score (nSPS) is 10.6. The Morgan fingerprint density at radius 3 is 1.79 bits per heavy atom. The zero-order valence-electron chi connectivity index (χ0n) is 18.3. The van der Waals surface area contributed by atoms with Gasteiger partial charge in [-0.2, -0.15) is 5.10 Å². The predicted molar refractivity (Wildman–Crippen MR) is 133 cm³/mol. The van der Waals surface area contributed by atoms with Crippen LogP contribution in [0.1, 0.15) is 26.4 Å². The van der Waals surface area contributed by atoms with Crippen LogP contribution in [-0.2, 0) is 0 Å². The third-order valence-electron chi connectivity index (χ3n) is 5.44. The summed E-state index contributed by atoms with van der Waals surface area (Å²) in [4.78, 5) is 27.3. The lowest BCUT2D eigenvalue weighted by atomic mass is 10.00. The first-order chi connectivity index (χ1) is 16.7. The molecule has 164 valence electrons. The predicted octanol–water partition coefficient (Wildman–Crippen LogP) is 6.02. The van der Waals surface area contributed by atoms with Gasteiger partial charge in [-0.25, -0.2) is 4.68 Å². The second-order valence-electron chi connectivity index (χ2n) is 7.70. The number of nitrogens with zero attached hydrogens (tertiary/aromatic N) is 2. The van der Waals surface area contributed by atoms with Crippen LogP contribution in [0.4, 0.5) is 5.69 Å². The van der Waals surface area contributed by atoms with Crippen LogP contribution in [0.5, 0.6) is 0 Å². The largest absolute Gasteiger partial charge is 0.322 e. The van der Waals surface area contributed by atoms with Crippen molar-refractivity contribution >= 4 is 17.4 Å². The number of benzene rings is 4. The van der Waals surface area contributed by atoms with E-state index in [2.05, 4.69) is 5.32 Å². The van der Waals surface area contributed by atoms with Crippen molar-refractivity contribution in [1.82, 2.24) is 9.78 Å². The van der Waals surface area contributed by atoms with Crippen LogP contribution >= 0.6 is 0 Å². The minimum Gasteiger partial charge on any atom is -0.322 e. The smallest absolute Gasteiger partial charge is 0.260 e. The Bertz CT molecular complexity index is 1430. The van der Waals surface area contributed by atoms with Gasteiger partial charge in [-0.15, -0.1) is 0 Å². The standard InChI is InChI=1S/C29H21N3O2/c33-28(22-15-7-2-8-16-22)26-25(29(34)30-23-17-9-3-10-18-23)27(21-13-5-1-6-14-21)32(31-26)24-19-11-4-12-20-24/h1-20H,(H,30,34). The van der Waals surface area contributed by atoms with Crippen molar-refractivity contribution < 1.29 is 9.59 Å². The Balaban J connectivity index is 1.76. The average molecular weight is 444 g/mol. The van der Waals surface area contributed by atoms with Crippen molar-refractivity contribution in [2.45, 2.75) is 0 Å². The summed E-state index contributed by atoms with van der Waals surface area (Å²) in [5, 5.41) is 7.64. The highest BCUT2D eigenvalue weighted by Gasteiger charge is 2.30. The molecule has 5 heteroatoms. The lowest BCUT2D eigenvalue weighted by Crippen LogP contribution is -2.17. The van der Waals surface area contributed by atoms with Crippen LogP contribution in [0.2, 0.25) is 0 Å². The molecule has 0 aliphatic rings. The number of hydrogen-bond donors (Lipinski definition) is 1. The van der Waals surface area contributed by atoms with E-state index in [0.717, 1.165) is 11.3 Å². The van der Waals surface area contributed by atoms with Crippen molar-refractivity contribution in [2.75, 3.05) is 5.32 Å². The molecule has 4 aromatic carbocycles. The summed E-state index contributed by atoms with van der Waals surface area (Å²) in [6.45, 7) is 0. The minimum absolute atomic E-state index is 0.0994. The fourth-order valence-corrected chi connectivity index (χ4v) is 3.85. The Labute approximate surface area is 197 Å². The first-order valence-corrected chi connectivity index (χ1v) is 10.9. The van der Waals surface area contributed by atoms with E-state index >= 15 is 0 Å². The van der Waals surface area contributed by atoms with Gasteiger partial charge in [0.1, 0.15) is 5.69 Å². The molecule has 1 amide bonds. The number of para-hydroxylation sites is 2. The summed E-state index contributed by atoms with van der Waals surface area (Å²) in [6, 6.07) is 37.1. The van der Waals surface area contributed by atoms with Crippen molar-refractivity contribution in [2.24, 2.45) is 0 Å². The van der Waals surface area contributed by atoms with Gasteiger partial charge in [0.25, 0.3) is 5.91 Å². The number of amides is 1. The molecule has 1 N–H and O–H groups in total. The van der Waals surface area contributed by atoms with Gasteiger partial charge in [-0.3, -0.25) is 9.59 Å². The van der Waals surface area contributed by atoms with E-state index in [-0.39, 0.29) is 17.0 Å². The summed E-state index contributed by atoms with van der Waals surface area (Å²) >= 11 is 0. The fraction of sp³-hybridized carbons (Fsp3) is 0. The molecule has 0 saturated heterocycles. The molecule has 0 unspecified atom stereocenters. The number of aromatic nitrogens is 2. The summed E-state index contributed by atoms with van der Waals surface area (Å²) in [6.07, 6.45) is 0. The molecule has 5 nitrogen and oxygen atoms in total. The Morgan fingerprint density at radius 2 is 1.18 bits per heavy atom. The number of nitrogens with one attached hydrogen (secondary N) is 1. The molecule has 0 aliphatic carbocycles. The van der Waals surface area contributed by atoms with Gasteiger partial charge in [0.15, 0.2) is 0 Å². The molecular formula is C29H21N3O2. The molecule has 0 atom stereocenters. The lowest BCUT2D eigenvalue weighted by Gasteiger charge is -2.11. The molecule has 5 aromatic rings. The lowest BCUT2D eigenvalue weighted by molar-refractivity contribution is 0.0995. The summed E-state index contributed by atoms with van der Waals surface area (Å²) in [7, 11) is 0. The number of anilines is 1. The van der Waals surface area contributed by atoms with Gasteiger partial charge in [-0.05, 0) is 24.3 Å². The molecule has 0 bridgehead atoms. The third kappa shape index (κ3) is 4.14. The van der Waals surface area contributed by atoms with Crippen molar-refractivity contribution in [3.63, 3.8) is 0 Å². The van der Waals surface area contributed by atoms with Crippen LogP contribution < -0.4 is 5.32 Å². The third-order valence-corrected chi connectivity index (χ3v) is 5.44. The summed E-state index contributed by atoms with van der Waals surface area (Å²) < 4.78 is 1.67. The van der Waals surface area contributed by atoms with Gasteiger partial charge >= 0.3 is 0 Å². The zero-order chi connectivity index (χ0) is 23.3. The van der Waals surface area contributed by atoms with Crippen LogP contribution in [0.3, 0.4) is 0 Å². The molecule has 0 aliphatic heterocycles. The quantitative estimate of drug-likeness (QED) is 0.326. The monoisotopic (exact) mass is 443 g/mol. The van der Waals surface area contributed by atoms with Gasteiger partial charge in [-0.1, -0.05) is 97.1 Å². The average Bonchev–Trinajstić information content (AvgIpc) is 3.31. The molecule has 0 spiro atoms. The van der Waals surface area contributed by atoms with Gasteiger partial charge in [0.2, 0.25) is 5.78 Å². The number of carbonyl (C=O) groups is 2. The summed E-state index contributed by atoms with van der Waals surface area (Å²) in [5.41, 5.74) is 3.52. The maximum atomic E-state index is 13.7.